The van der Waals surface area contributed by atoms with Crippen LogP contribution in [0.1, 0.15) is 24.8 Å². The summed E-state index contributed by atoms with van der Waals surface area (Å²) in [5.41, 5.74) is 3.04. The number of rotatable bonds is 9. The number of methoxy groups -OCH3 is 1. The normalized spacial score (nSPS) is 16.4. The van der Waals surface area contributed by atoms with Crippen molar-refractivity contribution in [2.24, 2.45) is 5.92 Å². The zero-order valence-corrected chi connectivity index (χ0v) is 18.5. The third-order valence-corrected chi connectivity index (χ3v) is 6.11. The number of H-pyrrole nitrogens is 1. The van der Waals surface area contributed by atoms with Crippen molar-refractivity contribution in [2.75, 3.05) is 38.3 Å². The first-order chi connectivity index (χ1) is 15.6. The summed E-state index contributed by atoms with van der Waals surface area (Å²) in [5.74, 6) is 0.359. The molecule has 0 saturated carbocycles. The molecule has 0 bridgehead atoms. The third kappa shape index (κ3) is 5.37. The first-order valence-corrected chi connectivity index (χ1v) is 11.3. The number of hydrogen-bond donors (Lipinski definition) is 2. The smallest absolute Gasteiger partial charge is 0.268 e. The number of carbonyl (C=O) groups excluding carboxylic acids is 1. The van der Waals surface area contributed by atoms with Gasteiger partial charge in [0.15, 0.2) is 0 Å². The van der Waals surface area contributed by atoms with Gasteiger partial charge >= 0.3 is 0 Å². The SMILES string of the molecule is COCCn1ncc(N2CCCC(CC(=O)NCCc3c[nH]c4ccccc34)C2)cc1=O. The highest BCUT2D eigenvalue weighted by Crippen LogP contribution is 2.24. The minimum atomic E-state index is -0.128. The number of para-hydroxylation sites is 1. The maximum Gasteiger partial charge on any atom is 0.268 e. The Hall–Kier alpha value is -3.13. The van der Waals surface area contributed by atoms with Crippen molar-refractivity contribution >= 4 is 22.5 Å². The van der Waals surface area contributed by atoms with Gasteiger partial charge in [0.1, 0.15) is 0 Å². The predicted octanol–water partition coefficient (Wildman–Crippen LogP) is 2.34. The van der Waals surface area contributed by atoms with Crippen LogP contribution >= 0.6 is 0 Å². The predicted molar refractivity (Wildman–Crippen MR) is 125 cm³/mol. The lowest BCUT2D eigenvalue weighted by molar-refractivity contribution is -0.122. The number of fused-ring (bicyclic) bond motifs is 1. The molecule has 2 aromatic heterocycles. The summed E-state index contributed by atoms with van der Waals surface area (Å²) in [4.78, 5) is 30.3. The van der Waals surface area contributed by atoms with Gasteiger partial charge in [0.05, 0.1) is 25.0 Å². The molecule has 8 heteroatoms. The van der Waals surface area contributed by atoms with Crippen molar-refractivity contribution in [3.63, 3.8) is 0 Å². The highest BCUT2D eigenvalue weighted by atomic mass is 16.5. The van der Waals surface area contributed by atoms with Crippen molar-refractivity contribution in [3.8, 4) is 0 Å². The van der Waals surface area contributed by atoms with Crippen LogP contribution in [0.4, 0.5) is 5.69 Å². The van der Waals surface area contributed by atoms with Gasteiger partial charge in [-0.25, -0.2) is 4.68 Å². The Bertz CT molecular complexity index is 1110. The number of aromatic nitrogens is 3. The number of nitrogens with zero attached hydrogens (tertiary/aromatic N) is 3. The number of amides is 1. The fraction of sp³-hybridized carbons (Fsp3) is 0.458. The van der Waals surface area contributed by atoms with E-state index in [1.807, 2.05) is 18.3 Å². The molecule has 2 N–H and O–H groups in total. The van der Waals surface area contributed by atoms with Crippen LogP contribution in [-0.4, -0.2) is 54.0 Å². The minimum absolute atomic E-state index is 0.0878. The average Bonchev–Trinajstić information content (AvgIpc) is 3.21. The molecule has 1 saturated heterocycles. The summed E-state index contributed by atoms with van der Waals surface area (Å²) in [6.45, 7) is 3.16. The van der Waals surface area contributed by atoms with E-state index in [0.717, 1.165) is 43.6 Å². The van der Waals surface area contributed by atoms with Crippen LogP contribution < -0.4 is 15.8 Å². The molecular weight excluding hydrogens is 406 g/mol. The summed E-state index contributed by atoms with van der Waals surface area (Å²) in [6, 6.07) is 9.84. The van der Waals surface area contributed by atoms with E-state index >= 15 is 0 Å². The Labute approximate surface area is 187 Å². The highest BCUT2D eigenvalue weighted by molar-refractivity contribution is 5.83. The lowest BCUT2D eigenvalue weighted by Crippen LogP contribution is -2.39. The average molecular weight is 438 g/mol. The summed E-state index contributed by atoms with van der Waals surface area (Å²) < 4.78 is 6.43. The van der Waals surface area contributed by atoms with Crippen molar-refractivity contribution < 1.29 is 9.53 Å². The number of aromatic amines is 1. The molecule has 8 nitrogen and oxygen atoms in total. The second-order valence-electron chi connectivity index (χ2n) is 8.39. The van der Waals surface area contributed by atoms with Crippen molar-refractivity contribution in [1.29, 1.82) is 0 Å². The molecule has 1 unspecified atom stereocenters. The van der Waals surface area contributed by atoms with E-state index in [1.54, 1.807) is 19.4 Å². The minimum Gasteiger partial charge on any atom is -0.383 e. The summed E-state index contributed by atoms with van der Waals surface area (Å²) in [6.07, 6.45) is 7.08. The standard InChI is InChI=1S/C24H31N5O3/c1-32-12-11-29-24(31)14-20(16-27-29)28-10-4-5-18(17-28)13-23(30)25-9-8-19-15-26-22-7-3-2-6-21(19)22/h2-3,6-7,14-16,18,26H,4-5,8-13,17H2,1H3,(H,25,30). The summed E-state index contributed by atoms with van der Waals surface area (Å²) in [5, 5.41) is 8.55. The Morgan fingerprint density at radius 1 is 1.34 bits per heavy atom. The first kappa shape index (κ1) is 22.1. The van der Waals surface area contributed by atoms with Gasteiger partial charge in [-0.1, -0.05) is 18.2 Å². The third-order valence-electron chi connectivity index (χ3n) is 6.11. The maximum atomic E-state index is 12.5. The molecular formula is C24H31N5O3. The van der Waals surface area contributed by atoms with Crippen molar-refractivity contribution in [3.05, 3.63) is 58.6 Å². The number of anilines is 1. The van der Waals surface area contributed by atoms with E-state index in [4.69, 9.17) is 4.74 Å². The molecule has 1 aromatic carbocycles. The van der Waals surface area contributed by atoms with Gasteiger partial charge in [-0.05, 0) is 36.8 Å². The number of benzene rings is 1. The fourth-order valence-electron chi connectivity index (χ4n) is 4.42. The van der Waals surface area contributed by atoms with Gasteiger partial charge in [0.25, 0.3) is 5.56 Å². The van der Waals surface area contributed by atoms with E-state index in [0.29, 0.717) is 26.1 Å². The molecule has 1 atom stereocenters. The Balaban J connectivity index is 1.26. The number of hydrogen-bond acceptors (Lipinski definition) is 5. The van der Waals surface area contributed by atoms with E-state index < -0.39 is 0 Å². The van der Waals surface area contributed by atoms with Gasteiger partial charge in [0, 0.05) is 56.3 Å². The van der Waals surface area contributed by atoms with Crippen LogP contribution in [0.2, 0.25) is 0 Å². The lowest BCUT2D eigenvalue weighted by Gasteiger charge is -2.34. The molecule has 3 aromatic rings. The molecule has 1 aliphatic heterocycles. The number of ether oxygens (including phenoxy) is 1. The molecule has 170 valence electrons. The van der Waals surface area contributed by atoms with Crippen LogP contribution in [-0.2, 0) is 22.5 Å². The largest absolute Gasteiger partial charge is 0.383 e. The zero-order valence-electron chi connectivity index (χ0n) is 18.5. The molecule has 1 aliphatic rings. The van der Waals surface area contributed by atoms with Crippen LogP contribution in [0.15, 0.2) is 47.5 Å². The van der Waals surface area contributed by atoms with Crippen LogP contribution in [0.5, 0.6) is 0 Å². The molecule has 1 fully saturated rings. The first-order valence-electron chi connectivity index (χ1n) is 11.3. The van der Waals surface area contributed by atoms with Gasteiger partial charge in [-0.15, -0.1) is 0 Å². The number of nitrogens with one attached hydrogen (secondary N) is 2. The van der Waals surface area contributed by atoms with Crippen LogP contribution in [0.25, 0.3) is 10.9 Å². The molecule has 4 rings (SSSR count). The molecule has 3 heterocycles. The fourth-order valence-corrected chi connectivity index (χ4v) is 4.42. The molecule has 0 aliphatic carbocycles. The monoisotopic (exact) mass is 437 g/mol. The van der Waals surface area contributed by atoms with E-state index in [9.17, 15) is 9.59 Å². The Morgan fingerprint density at radius 2 is 2.22 bits per heavy atom. The van der Waals surface area contributed by atoms with E-state index in [1.165, 1.54) is 15.6 Å². The van der Waals surface area contributed by atoms with Gasteiger partial charge in [-0.2, -0.15) is 5.10 Å². The zero-order chi connectivity index (χ0) is 22.3. The lowest BCUT2D eigenvalue weighted by atomic mass is 9.94. The second kappa shape index (κ2) is 10.5. The highest BCUT2D eigenvalue weighted by Gasteiger charge is 2.23. The van der Waals surface area contributed by atoms with Gasteiger partial charge in [-0.3, -0.25) is 9.59 Å². The summed E-state index contributed by atoms with van der Waals surface area (Å²) in [7, 11) is 1.60. The maximum absolute atomic E-state index is 12.5. The van der Waals surface area contributed by atoms with Crippen LogP contribution in [0, 0.1) is 5.92 Å². The second-order valence-corrected chi connectivity index (χ2v) is 8.39. The Morgan fingerprint density at radius 3 is 3.06 bits per heavy atom. The van der Waals surface area contributed by atoms with E-state index in [-0.39, 0.29) is 17.4 Å². The van der Waals surface area contributed by atoms with Gasteiger partial charge < -0.3 is 19.9 Å². The van der Waals surface area contributed by atoms with Gasteiger partial charge in [0.2, 0.25) is 5.91 Å². The van der Waals surface area contributed by atoms with Crippen molar-refractivity contribution in [1.82, 2.24) is 20.1 Å². The Kier molecular flexibility index (Phi) is 7.21. The van der Waals surface area contributed by atoms with E-state index in [2.05, 4.69) is 32.4 Å². The molecule has 1 amide bonds. The van der Waals surface area contributed by atoms with Crippen molar-refractivity contribution in [2.45, 2.75) is 32.2 Å². The topological polar surface area (TPSA) is 92.2 Å². The molecule has 0 spiro atoms. The quantitative estimate of drug-likeness (QED) is 0.536. The molecule has 32 heavy (non-hydrogen) atoms. The molecule has 0 radical (unpaired) electrons. The van der Waals surface area contributed by atoms with Crippen LogP contribution in [0.3, 0.4) is 0 Å². The number of carbonyl (C=O) groups is 1. The summed E-state index contributed by atoms with van der Waals surface area (Å²) >= 11 is 0. The number of piperidine rings is 1.